The van der Waals surface area contributed by atoms with Gasteiger partial charge in [-0.3, -0.25) is 4.81 Å². The van der Waals surface area contributed by atoms with Crippen molar-refractivity contribution < 1.29 is 9.31 Å². The van der Waals surface area contributed by atoms with E-state index in [1.807, 2.05) is 0 Å². The topological polar surface area (TPSA) is 33.7 Å². The lowest BCUT2D eigenvalue weighted by Gasteiger charge is -2.36. The molecule has 3 rings (SSSR count). The molecule has 0 radical (unpaired) electrons. The van der Waals surface area contributed by atoms with Crippen LogP contribution in [0, 0.1) is 0 Å². The van der Waals surface area contributed by atoms with Crippen LogP contribution in [0.5, 0.6) is 0 Å². The Morgan fingerprint density at radius 1 is 1.00 bits per heavy atom. The van der Waals surface area contributed by atoms with Crippen LogP contribution in [0.2, 0.25) is 0 Å². The molecule has 0 aromatic heterocycles. The highest BCUT2D eigenvalue weighted by atomic mass is 16.7. The number of nitrogens with one attached hydrogen (secondary N) is 1. The summed E-state index contributed by atoms with van der Waals surface area (Å²) in [7, 11) is -0.153. The molecule has 2 atom stereocenters. The molecule has 96 valence electrons. The average Bonchev–Trinajstić information content (AvgIpc) is 2.58. The van der Waals surface area contributed by atoms with Crippen LogP contribution in [0.15, 0.2) is 0 Å². The molecule has 0 aliphatic carbocycles. The zero-order valence-corrected chi connectivity index (χ0v) is 11.3. The number of hydrogen-bond donors (Lipinski definition) is 1. The molecule has 1 N–H and O–H groups in total. The third-order valence-electron chi connectivity index (χ3n) is 4.92. The largest absolute Gasteiger partial charge is 0.559 e. The first-order chi connectivity index (χ1) is 7.91. The standard InChI is InChI=1S/C12H23BN2O2/c1-11(2)12(3,4)17-13(16-11)15-9-5-6-10(15)8-14-7-9/h9-10,14H,5-8H2,1-4H3/t9-,10-/m0/s1. The zero-order chi connectivity index (χ0) is 12.3. The van der Waals surface area contributed by atoms with Gasteiger partial charge in [-0.1, -0.05) is 0 Å². The third-order valence-corrected chi connectivity index (χ3v) is 4.92. The molecule has 5 heteroatoms. The fourth-order valence-corrected chi connectivity index (χ4v) is 3.09. The van der Waals surface area contributed by atoms with Crippen molar-refractivity contribution in [2.24, 2.45) is 0 Å². The van der Waals surface area contributed by atoms with Gasteiger partial charge in [0.2, 0.25) is 0 Å². The van der Waals surface area contributed by atoms with Crippen LogP contribution in [0.4, 0.5) is 0 Å². The summed E-state index contributed by atoms with van der Waals surface area (Å²) in [6.45, 7) is 10.6. The molecule has 0 amide bonds. The molecular weight excluding hydrogens is 215 g/mol. The smallest absolute Gasteiger partial charge is 0.389 e. The molecule has 0 aromatic rings. The van der Waals surface area contributed by atoms with Crippen LogP contribution < -0.4 is 5.32 Å². The van der Waals surface area contributed by atoms with Gasteiger partial charge in [-0.05, 0) is 40.5 Å². The van der Waals surface area contributed by atoms with Crippen molar-refractivity contribution in [1.82, 2.24) is 10.1 Å². The Hall–Kier alpha value is -0.0951. The second-order valence-electron chi connectivity index (χ2n) is 6.55. The van der Waals surface area contributed by atoms with E-state index in [2.05, 4.69) is 37.8 Å². The Labute approximate surface area is 104 Å². The molecule has 3 heterocycles. The molecule has 0 unspecified atom stereocenters. The maximum absolute atomic E-state index is 6.16. The first-order valence-corrected chi connectivity index (χ1v) is 6.74. The monoisotopic (exact) mass is 238 g/mol. The lowest BCUT2D eigenvalue weighted by molar-refractivity contribution is 0.00578. The van der Waals surface area contributed by atoms with E-state index in [9.17, 15) is 0 Å². The predicted octanol–water partition coefficient (Wildman–Crippen LogP) is 1.01. The Morgan fingerprint density at radius 3 is 1.94 bits per heavy atom. The van der Waals surface area contributed by atoms with Crippen molar-refractivity contribution in [3.05, 3.63) is 0 Å². The van der Waals surface area contributed by atoms with Gasteiger partial charge in [-0.15, -0.1) is 0 Å². The number of rotatable bonds is 1. The van der Waals surface area contributed by atoms with Gasteiger partial charge in [0, 0.05) is 25.2 Å². The molecule has 3 aliphatic rings. The summed E-state index contributed by atoms with van der Waals surface area (Å²) in [5.74, 6) is 0. The second kappa shape index (κ2) is 3.70. The van der Waals surface area contributed by atoms with Gasteiger partial charge in [0.1, 0.15) is 0 Å². The fraction of sp³-hybridized carbons (Fsp3) is 1.00. The maximum Gasteiger partial charge on any atom is 0.559 e. The van der Waals surface area contributed by atoms with Crippen LogP contribution in [0.1, 0.15) is 40.5 Å². The zero-order valence-electron chi connectivity index (χ0n) is 11.3. The fourth-order valence-electron chi connectivity index (χ4n) is 3.09. The van der Waals surface area contributed by atoms with E-state index in [1.165, 1.54) is 12.8 Å². The van der Waals surface area contributed by atoms with Gasteiger partial charge in [0.05, 0.1) is 11.2 Å². The minimum absolute atomic E-state index is 0.153. The van der Waals surface area contributed by atoms with Crippen molar-refractivity contribution in [2.75, 3.05) is 13.1 Å². The van der Waals surface area contributed by atoms with Gasteiger partial charge in [-0.2, -0.15) is 0 Å². The van der Waals surface area contributed by atoms with Gasteiger partial charge < -0.3 is 14.6 Å². The SMILES string of the molecule is CC1(C)OB(N2[C@H]3CC[C@H]2CNC3)OC1(C)C. The highest BCUT2D eigenvalue weighted by Crippen LogP contribution is 2.40. The summed E-state index contributed by atoms with van der Waals surface area (Å²) < 4.78 is 12.3. The van der Waals surface area contributed by atoms with E-state index in [1.54, 1.807) is 0 Å². The minimum atomic E-state index is -0.220. The van der Waals surface area contributed by atoms with Crippen LogP contribution in [-0.2, 0) is 9.31 Å². The average molecular weight is 238 g/mol. The van der Waals surface area contributed by atoms with Crippen LogP contribution in [-0.4, -0.2) is 48.4 Å². The Kier molecular flexibility index (Phi) is 2.60. The normalized spacial score (nSPS) is 39.9. The summed E-state index contributed by atoms with van der Waals surface area (Å²) in [4.78, 5) is 2.45. The van der Waals surface area contributed by atoms with Crippen LogP contribution in [0.25, 0.3) is 0 Å². The first-order valence-electron chi connectivity index (χ1n) is 6.74. The molecular formula is C12H23BN2O2. The van der Waals surface area contributed by atoms with Crippen molar-refractivity contribution in [3.8, 4) is 0 Å². The molecule has 3 aliphatic heterocycles. The summed E-state index contributed by atoms with van der Waals surface area (Å²) in [6.07, 6.45) is 2.53. The first kappa shape index (κ1) is 12.0. The quantitative estimate of drug-likeness (QED) is 0.691. The highest BCUT2D eigenvalue weighted by Gasteiger charge is 2.57. The number of nitrogens with zero attached hydrogens (tertiary/aromatic N) is 1. The summed E-state index contributed by atoms with van der Waals surface area (Å²) in [5, 5.41) is 3.49. The van der Waals surface area contributed by atoms with Crippen molar-refractivity contribution in [1.29, 1.82) is 0 Å². The Morgan fingerprint density at radius 2 is 1.47 bits per heavy atom. The molecule has 0 saturated carbocycles. The van der Waals surface area contributed by atoms with E-state index in [-0.39, 0.29) is 18.5 Å². The maximum atomic E-state index is 6.16. The molecule has 4 nitrogen and oxygen atoms in total. The molecule has 2 bridgehead atoms. The minimum Gasteiger partial charge on any atom is -0.389 e. The van der Waals surface area contributed by atoms with Crippen LogP contribution in [0.3, 0.4) is 0 Å². The van der Waals surface area contributed by atoms with Gasteiger partial charge in [-0.25, -0.2) is 0 Å². The van der Waals surface area contributed by atoms with Gasteiger partial charge in [0.15, 0.2) is 0 Å². The van der Waals surface area contributed by atoms with Crippen molar-refractivity contribution in [3.63, 3.8) is 0 Å². The third kappa shape index (κ3) is 1.75. The second-order valence-corrected chi connectivity index (χ2v) is 6.55. The number of piperazine rings is 1. The van der Waals surface area contributed by atoms with Crippen molar-refractivity contribution >= 4 is 7.25 Å². The van der Waals surface area contributed by atoms with Crippen LogP contribution >= 0.6 is 0 Å². The highest BCUT2D eigenvalue weighted by molar-refractivity contribution is 6.42. The summed E-state index contributed by atoms with van der Waals surface area (Å²) in [6, 6.07) is 1.17. The van der Waals surface area contributed by atoms with E-state index < -0.39 is 0 Å². The molecule has 17 heavy (non-hydrogen) atoms. The number of fused-ring (bicyclic) bond motifs is 2. The summed E-state index contributed by atoms with van der Waals surface area (Å²) >= 11 is 0. The van der Waals surface area contributed by atoms with Gasteiger partial charge >= 0.3 is 7.25 Å². The van der Waals surface area contributed by atoms with E-state index in [0.717, 1.165) is 13.1 Å². The molecule has 3 saturated heterocycles. The van der Waals surface area contributed by atoms with E-state index in [0.29, 0.717) is 12.1 Å². The lowest BCUT2D eigenvalue weighted by atomic mass is 9.90. The van der Waals surface area contributed by atoms with E-state index >= 15 is 0 Å². The molecule has 0 spiro atoms. The van der Waals surface area contributed by atoms with Gasteiger partial charge in [0.25, 0.3) is 0 Å². The summed E-state index contributed by atoms with van der Waals surface area (Å²) in [5.41, 5.74) is -0.441. The van der Waals surface area contributed by atoms with E-state index in [4.69, 9.17) is 9.31 Å². The number of hydrogen-bond acceptors (Lipinski definition) is 4. The van der Waals surface area contributed by atoms with Crippen molar-refractivity contribution in [2.45, 2.75) is 63.8 Å². The predicted molar refractivity (Wildman–Crippen MR) is 67.6 cm³/mol. The molecule has 3 fully saturated rings. The Balaban J connectivity index is 1.79. The Bertz CT molecular complexity index is 290. The molecule has 0 aromatic carbocycles. The lowest BCUT2D eigenvalue weighted by Crippen LogP contribution is -2.58.